The molecule has 1 aromatic heterocycles. The van der Waals surface area contributed by atoms with Crippen molar-refractivity contribution in [1.82, 2.24) is 15.2 Å². The highest BCUT2D eigenvalue weighted by atomic mass is 35.5. The summed E-state index contributed by atoms with van der Waals surface area (Å²) in [6.45, 7) is 3.20. The van der Waals surface area contributed by atoms with Crippen LogP contribution in [0.1, 0.15) is 40.5 Å². The second-order valence-corrected chi connectivity index (χ2v) is 9.70. The number of amides is 1. The average molecular weight is 556 g/mol. The number of esters is 2. The first kappa shape index (κ1) is 28.1. The molecule has 2 N–H and O–H groups in total. The normalized spacial score (nSPS) is 14.9. The maximum Gasteiger partial charge on any atom is 0.341 e. The molecule has 11 heteroatoms. The van der Waals surface area contributed by atoms with Crippen molar-refractivity contribution >= 4 is 40.2 Å². The van der Waals surface area contributed by atoms with Gasteiger partial charge in [0.05, 0.1) is 19.2 Å². The summed E-state index contributed by atoms with van der Waals surface area (Å²) in [4.78, 5) is 53.6. The zero-order chi connectivity index (χ0) is 27.9. The van der Waals surface area contributed by atoms with Crippen molar-refractivity contribution < 1.29 is 28.6 Å². The van der Waals surface area contributed by atoms with Gasteiger partial charge in [-0.05, 0) is 37.1 Å². The van der Waals surface area contributed by atoms with E-state index in [9.17, 15) is 19.2 Å². The second-order valence-electron chi connectivity index (χ2n) is 9.27. The number of hydrogen-bond acceptors (Lipinski definition) is 8. The van der Waals surface area contributed by atoms with E-state index in [1.807, 2.05) is 0 Å². The lowest BCUT2D eigenvalue weighted by Crippen LogP contribution is -2.46. The highest BCUT2D eigenvalue weighted by molar-refractivity contribution is 6.31. The molecule has 4 rings (SSSR count). The topological polar surface area (TPSA) is 127 Å². The number of rotatable bonds is 9. The molecule has 206 valence electrons. The van der Waals surface area contributed by atoms with Gasteiger partial charge in [0.25, 0.3) is 11.5 Å². The zero-order valence-electron chi connectivity index (χ0n) is 21.7. The number of fused-ring (bicyclic) bond motifs is 1. The molecule has 1 amide bonds. The Bertz CT molecular complexity index is 1420. The molecule has 1 fully saturated rings. The number of ether oxygens (including phenoxy) is 3. The lowest BCUT2D eigenvalue weighted by atomic mass is 10.1. The maximum absolute atomic E-state index is 12.9. The number of likely N-dealkylation sites (tertiary alicyclic amines) is 1. The average Bonchev–Trinajstić information content (AvgIpc) is 2.93. The van der Waals surface area contributed by atoms with Gasteiger partial charge >= 0.3 is 11.9 Å². The van der Waals surface area contributed by atoms with Gasteiger partial charge in [-0.2, -0.15) is 0 Å². The van der Waals surface area contributed by atoms with E-state index in [4.69, 9.17) is 25.8 Å². The lowest BCUT2D eigenvalue weighted by molar-refractivity contribution is -0.147. The first-order chi connectivity index (χ1) is 18.7. The number of carbonyl (C=O) groups is 3. The Balaban J connectivity index is 1.34. The molecule has 0 spiro atoms. The van der Waals surface area contributed by atoms with Crippen LogP contribution in [0.15, 0.2) is 53.5 Å². The highest BCUT2D eigenvalue weighted by Crippen LogP contribution is 2.27. The van der Waals surface area contributed by atoms with Crippen molar-refractivity contribution in [1.29, 1.82) is 0 Å². The van der Waals surface area contributed by atoms with E-state index in [0.29, 0.717) is 59.6 Å². The number of pyridine rings is 1. The van der Waals surface area contributed by atoms with Crippen molar-refractivity contribution in [2.75, 3.05) is 33.3 Å². The Morgan fingerprint density at radius 1 is 1.10 bits per heavy atom. The van der Waals surface area contributed by atoms with Crippen LogP contribution in [0.5, 0.6) is 5.75 Å². The number of nitrogens with one attached hydrogen (secondary N) is 2. The monoisotopic (exact) mass is 555 g/mol. The Labute approximate surface area is 230 Å². The SMILES string of the molecule is COC(=O)c1cc(Cl)ccc1OC1CCN(C[C@@H](CNC(=O)c2c[nH]c(=O)c3ccccc23)OC(C)=O)CC1. The summed E-state index contributed by atoms with van der Waals surface area (Å²) in [6.07, 6.45) is 2.07. The van der Waals surface area contributed by atoms with Crippen molar-refractivity contribution in [3.05, 3.63) is 75.2 Å². The van der Waals surface area contributed by atoms with Crippen LogP contribution in [0, 0.1) is 0 Å². The van der Waals surface area contributed by atoms with Crippen LogP contribution in [0.2, 0.25) is 5.02 Å². The van der Waals surface area contributed by atoms with Crippen molar-refractivity contribution in [3.63, 3.8) is 0 Å². The van der Waals surface area contributed by atoms with Gasteiger partial charge in [0.1, 0.15) is 23.5 Å². The van der Waals surface area contributed by atoms with E-state index < -0.39 is 18.0 Å². The summed E-state index contributed by atoms with van der Waals surface area (Å²) in [5.74, 6) is -0.929. The molecule has 0 saturated carbocycles. The van der Waals surface area contributed by atoms with Gasteiger partial charge in [-0.15, -0.1) is 0 Å². The molecule has 0 unspecified atom stereocenters. The fourth-order valence-corrected chi connectivity index (χ4v) is 4.80. The number of carbonyl (C=O) groups excluding carboxylic acids is 3. The number of methoxy groups -OCH3 is 1. The quantitative estimate of drug-likeness (QED) is 0.385. The Morgan fingerprint density at radius 2 is 1.82 bits per heavy atom. The van der Waals surface area contributed by atoms with E-state index in [0.717, 1.165) is 0 Å². The fraction of sp³-hybridized carbons (Fsp3) is 0.357. The molecule has 1 atom stereocenters. The molecule has 1 aliphatic rings. The molecular formula is C28H30ClN3O7. The minimum atomic E-state index is -0.569. The molecular weight excluding hydrogens is 526 g/mol. The molecule has 0 bridgehead atoms. The molecule has 1 saturated heterocycles. The third-order valence-corrected chi connectivity index (χ3v) is 6.75. The van der Waals surface area contributed by atoms with Crippen LogP contribution in [-0.4, -0.2) is 73.2 Å². The van der Waals surface area contributed by atoms with Gasteiger partial charge in [-0.3, -0.25) is 19.3 Å². The van der Waals surface area contributed by atoms with E-state index >= 15 is 0 Å². The van der Waals surface area contributed by atoms with Crippen LogP contribution in [0.25, 0.3) is 10.8 Å². The second kappa shape index (κ2) is 12.8. The Morgan fingerprint density at radius 3 is 2.51 bits per heavy atom. The minimum absolute atomic E-state index is 0.107. The summed E-state index contributed by atoms with van der Waals surface area (Å²) in [6, 6.07) is 11.7. The van der Waals surface area contributed by atoms with E-state index in [1.165, 1.54) is 26.3 Å². The number of hydrogen-bond donors (Lipinski definition) is 2. The zero-order valence-corrected chi connectivity index (χ0v) is 22.5. The molecule has 3 aromatic rings. The van der Waals surface area contributed by atoms with Gasteiger partial charge in [-0.1, -0.05) is 29.8 Å². The van der Waals surface area contributed by atoms with Crippen LogP contribution in [0.3, 0.4) is 0 Å². The first-order valence-corrected chi connectivity index (χ1v) is 13.0. The van der Waals surface area contributed by atoms with Gasteiger partial charge in [-0.25, -0.2) is 4.79 Å². The van der Waals surface area contributed by atoms with Gasteiger partial charge in [0.2, 0.25) is 0 Å². The summed E-state index contributed by atoms with van der Waals surface area (Å²) < 4.78 is 16.4. The molecule has 2 heterocycles. The number of piperidine rings is 1. The maximum atomic E-state index is 12.9. The molecule has 2 aromatic carbocycles. The van der Waals surface area contributed by atoms with Crippen molar-refractivity contribution in [2.45, 2.75) is 32.0 Å². The largest absolute Gasteiger partial charge is 0.489 e. The van der Waals surface area contributed by atoms with E-state index in [1.54, 1.807) is 36.4 Å². The third kappa shape index (κ3) is 7.15. The molecule has 1 aliphatic heterocycles. The van der Waals surface area contributed by atoms with Gasteiger partial charge in [0.15, 0.2) is 0 Å². The highest BCUT2D eigenvalue weighted by Gasteiger charge is 2.26. The number of aromatic nitrogens is 1. The third-order valence-electron chi connectivity index (χ3n) is 6.51. The van der Waals surface area contributed by atoms with Gasteiger partial charge in [0, 0.05) is 48.5 Å². The number of benzene rings is 2. The molecule has 10 nitrogen and oxygen atoms in total. The van der Waals surface area contributed by atoms with Crippen LogP contribution in [0.4, 0.5) is 0 Å². The number of nitrogens with zero attached hydrogens (tertiary/aromatic N) is 1. The van der Waals surface area contributed by atoms with Crippen molar-refractivity contribution in [2.24, 2.45) is 0 Å². The van der Waals surface area contributed by atoms with Crippen LogP contribution < -0.4 is 15.6 Å². The minimum Gasteiger partial charge on any atom is -0.489 e. The summed E-state index contributed by atoms with van der Waals surface area (Å²) >= 11 is 6.03. The lowest BCUT2D eigenvalue weighted by Gasteiger charge is -2.34. The van der Waals surface area contributed by atoms with E-state index in [2.05, 4.69) is 15.2 Å². The first-order valence-electron chi connectivity index (χ1n) is 12.6. The number of H-pyrrole nitrogens is 1. The Hall–Kier alpha value is -3.89. The van der Waals surface area contributed by atoms with E-state index in [-0.39, 0.29) is 29.7 Å². The van der Waals surface area contributed by atoms with Gasteiger partial charge < -0.3 is 24.5 Å². The summed E-state index contributed by atoms with van der Waals surface area (Å²) in [7, 11) is 1.30. The van der Waals surface area contributed by atoms with Crippen molar-refractivity contribution in [3.8, 4) is 5.75 Å². The predicted octanol–water partition coefficient (Wildman–Crippen LogP) is 3.17. The Kier molecular flexibility index (Phi) is 9.21. The van der Waals surface area contributed by atoms with Crippen LogP contribution in [-0.2, 0) is 14.3 Å². The fourth-order valence-electron chi connectivity index (χ4n) is 4.63. The molecule has 39 heavy (non-hydrogen) atoms. The standard InChI is InChI=1S/C28H30ClN3O7/c1-17(33)38-20(14-30-27(35)24-15-31-26(34)22-6-4-3-5-21(22)24)16-32-11-9-19(10-12-32)39-25-8-7-18(29)13-23(25)28(36)37-2/h3-8,13,15,19-20H,9-12,14,16H2,1-2H3,(H,30,35)(H,31,34)/t20-/m1/s1. The summed E-state index contributed by atoms with van der Waals surface area (Å²) in [5, 5.41) is 4.20. The summed E-state index contributed by atoms with van der Waals surface area (Å²) in [5.41, 5.74) is 0.330. The smallest absolute Gasteiger partial charge is 0.341 e. The molecule has 0 radical (unpaired) electrons. The van der Waals surface area contributed by atoms with Crippen LogP contribution >= 0.6 is 11.6 Å². The number of halogens is 1. The molecule has 0 aliphatic carbocycles. The predicted molar refractivity (Wildman–Crippen MR) is 145 cm³/mol. The number of aromatic amines is 1.